The van der Waals surface area contributed by atoms with Gasteiger partial charge in [0.1, 0.15) is 41.1 Å². The standard InChI is InChI=1S/C26H27ClFN5O3/c1-15-5-4-6-16(2)24(15)32-26-25(31-22-8-7-17(28)13-33(22)26)23-19(27)11-18(35-10-9-30-3)12-20(23)36-14-21(29)34/h4-8,11-13,30,32H,9-10,14H2,1-3H3,(H2,29,34). The second-order valence-electron chi connectivity index (χ2n) is 8.26. The molecule has 1 amide bonds. The summed E-state index contributed by atoms with van der Waals surface area (Å²) in [4.78, 5) is 16.2. The van der Waals surface area contributed by atoms with Crippen LogP contribution < -0.4 is 25.8 Å². The highest BCUT2D eigenvalue weighted by molar-refractivity contribution is 6.34. The lowest BCUT2D eigenvalue weighted by Gasteiger charge is -2.17. The molecule has 4 N–H and O–H groups in total. The smallest absolute Gasteiger partial charge is 0.255 e. The molecule has 8 nitrogen and oxygen atoms in total. The molecule has 0 fully saturated rings. The second-order valence-corrected chi connectivity index (χ2v) is 8.67. The third-order valence-corrected chi connectivity index (χ3v) is 5.86. The molecule has 0 atom stereocenters. The number of rotatable bonds is 10. The molecule has 188 valence electrons. The van der Waals surface area contributed by atoms with Crippen LogP contribution in [0.3, 0.4) is 0 Å². The number of anilines is 2. The number of nitrogens with one attached hydrogen (secondary N) is 2. The van der Waals surface area contributed by atoms with Crippen LogP contribution in [-0.2, 0) is 4.79 Å². The van der Waals surface area contributed by atoms with Crippen molar-refractivity contribution in [3.63, 3.8) is 0 Å². The first-order chi connectivity index (χ1) is 17.3. The fraction of sp³-hybridized carbons (Fsp3) is 0.231. The van der Waals surface area contributed by atoms with Crippen molar-refractivity contribution in [3.05, 3.63) is 70.6 Å². The van der Waals surface area contributed by atoms with Crippen molar-refractivity contribution in [1.29, 1.82) is 0 Å². The quantitative estimate of drug-likeness (QED) is 0.269. The molecule has 0 unspecified atom stereocenters. The lowest BCUT2D eigenvalue weighted by molar-refractivity contribution is -0.119. The van der Waals surface area contributed by atoms with E-state index in [9.17, 15) is 9.18 Å². The molecule has 0 radical (unpaired) electrons. The second kappa shape index (κ2) is 10.8. The van der Waals surface area contributed by atoms with Gasteiger partial charge < -0.3 is 25.8 Å². The van der Waals surface area contributed by atoms with Crippen LogP contribution in [0.4, 0.5) is 15.9 Å². The van der Waals surface area contributed by atoms with Crippen molar-refractivity contribution in [2.75, 3.05) is 32.1 Å². The van der Waals surface area contributed by atoms with E-state index in [-0.39, 0.29) is 17.4 Å². The molecule has 2 aromatic carbocycles. The van der Waals surface area contributed by atoms with Gasteiger partial charge in [0.25, 0.3) is 5.91 Å². The molecule has 4 aromatic rings. The number of hydrogen-bond acceptors (Lipinski definition) is 6. The predicted octanol–water partition coefficient (Wildman–Crippen LogP) is 4.62. The van der Waals surface area contributed by atoms with Gasteiger partial charge in [0.15, 0.2) is 6.61 Å². The highest BCUT2D eigenvalue weighted by atomic mass is 35.5. The maximum Gasteiger partial charge on any atom is 0.255 e. The Morgan fingerprint density at radius 1 is 1.17 bits per heavy atom. The van der Waals surface area contributed by atoms with Crippen molar-refractivity contribution in [2.45, 2.75) is 13.8 Å². The van der Waals surface area contributed by atoms with Crippen molar-refractivity contribution < 1.29 is 18.7 Å². The number of hydrogen-bond donors (Lipinski definition) is 3. The molecular weight excluding hydrogens is 485 g/mol. The molecule has 0 bridgehead atoms. The maximum atomic E-state index is 14.3. The van der Waals surface area contributed by atoms with Gasteiger partial charge in [-0.1, -0.05) is 29.8 Å². The number of pyridine rings is 1. The van der Waals surface area contributed by atoms with E-state index in [1.807, 2.05) is 39.1 Å². The fourth-order valence-electron chi connectivity index (χ4n) is 3.85. The largest absolute Gasteiger partial charge is 0.492 e. The number of para-hydroxylation sites is 1. The molecule has 4 rings (SSSR count). The van der Waals surface area contributed by atoms with Gasteiger partial charge in [0, 0.05) is 24.5 Å². The average molecular weight is 512 g/mol. The van der Waals surface area contributed by atoms with Crippen LogP contribution in [0.2, 0.25) is 5.02 Å². The Kier molecular flexibility index (Phi) is 7.61. The number of amides is 1. The van der Waals surface area contributed by atoms with Gasteiger partial charge in [-0.15, -0.1) is 0 Å². The Morgan fingerprint density at radius 2 is 1.92 bits per heavy atom. The summed E-state index contributed by atoms with van der Waals surface area (Å²) in [6.45, 7) is 4.60. The molecule has 0 aliphatic heterocycles. The monoisotopic (exact) mass is 511 g/mol. The molecule has 0 saturated heterocycles. The molecule has 0 spiro atoms. The van der Waals surface area contributed by atoms with Gasteiger partial charge in [-0.2, -0.15) is 0 Å². The van der Waals surface area contributed by atoms with Crippen LogP contribution in [0, 0.1) is 19.7 Å². The van der Waals surface area contributed by atoms with Crippen LogP contribution >= 0.6 is 11.6 Å². The summed E-state index contributed by atoms with van der Waals surface area (Å²) >= 11 is 6.75. The molecule has 2 aromatic heterocycles. The van der Waals surface area contributed by atoms with E-state index in [1.54, 1.807) is 22.6 Å². The molecule has 36 heavy (non-hydrogen) atoms. The Labute approximate surface area is 213 Å². The van der Waals surface area contributed by atoms with Crippen molar-refractivity contribution in [3.8, 4) is 22.8 Å². The van der Waals surface area contributed by atoms with Gasteiger partial charge in [-0.25, -0.2) is 9.37 Å². The number of carbonyl (C=O) groups is 1. The van der Waals surface area contributed by atoms with E-state index in [1.165, 1.54) is 12.3 Å². The van der Waals surface area contributed by atoms with Crippen LogP contribution in [-0.4, -0.2) is 42.1 Å². The summed E-state index contributed by atoms with van der Waals surface area (Å²) in [6.07, 6.45) is 1.34. The third-order valence-electron chi connectivity index (χ3n) is 5.56. The number of aryl methyl sites for hydroxylation is 2. The zero-order chi connectivity index (χ0) is 25.8. The summed E-state index contributed by atoms with van der Waals surface area (Å²) in [5.74, 6) is 0.119. The number of likely N-dealkylation sites (N-methyl/N-ethyl adjacent to an activating group) is 1. The lowest BCUT2D eigenvalue weighted by atomic mass is 10.1. The van der Waals surface area contributed by atoms with Gasteiger partial charge >= 0.3 is 0 Å². The van der Waals surface area contributed by atoms with Crippen LogP contribution in [0.1, 0.15) is 11.1 Å². The van der Waals surface area contributed by atoms with Gasteiger partial charge in [-0.3, -0.25) is 9.20 Å². The molecule has 0 aliphatic carbocycles. The number of fused-ring (bicyclic) bond motifs is 1. The summed E-state index contributed by atoms with van der Waals surface area (Å²) in [6, 6.07) is 12.1. The number of benzene rings is 2. The van der Waals surface area contributed by atoms with E-state index < -0.39 is 11.7 Å². The molecule has 2 heterocycles. The fourth-order valence-corrected chi connectivity index (χ4v) is 4.14. The topological polar surface area (TPSA) is 103 Å². The third kappa shape index (κ3) is 5.37. The van der Waals surface area contributed by atoms with Crippen molar-refractivity contribution in [2.24, 2.45) is 5.73 Å². The number of aromatic nitrogens is 2. The lowest BCUT2D eigenvalue weighted by Crippen LogP contribution is -2.20. The van der Waals surface area contributed by atoms with E-state index in [0.717, 1.165) is 16.8 Å². The van der Waals surface area contributed by atoms with Gasteiger partial charge in [-0.05, 0) is 50.2 Å². The summed E-state index contributed by atoms with van der Waals surface area (Å²) in [7, 11) is 1.82. The molecular formula is C26H27ClFN5O3. The van der Waals surface area contributed by atoms with E-state index in [2.05, 4.69) is 10.6 Å². The zero-order valence-electron chi connectivity index (χ0n) is 20.2. The Hall–Kier alpha value is -3.82. The first kappa shape index (κ1) is 25.3. The zero-order valence-corrected chi connectivity index (χ0v) is 20.9. The van der Waals surface area contributed by atoms with Gasteiger partial charge in [0.05, 0.1) is 10.6 Å². The number of nitrogens with zero attached hydrogens (tertiary/aromatic N) is 2. The Morgan fingerprint density at radius 3 is 2.61 bits per heavy atom. The SMILES string of the molecule is CNCCOc1cc(Cl)c(-c2nc3ccc(F)cn3c2Nc2c(C)cccc2C)c(OCC(N)=O)c1. The number of halogens is 2. The first-order valence-electron chi connectivity index (χ1n) is 11.3. The highest BCUT2D eigenvalue weighted by Gasteiger charge is 2.23. The van der Waals surface area contributed by atoms with Crippen LogP contribution in [0.15, 0.2) is 48.7 Å². The van der Waals surface area contributed by atoms with Gasteiger partial charge in [0.2, 0.25) is 0 Å². The molecule has 0 aliphatic rings. The number of nitrogens with two attached hydrogens (primary N) is 1. The van der Waals surface area contributed by atoms with Crippen LogP contribution in [0.25, 0.3) is 16.9 Å². The van der Waals surface area contributed by atoms with E-state index >= 15 is 0 Å². The van der Waals surface area contributed by atoms with Crippen molar-refractivity contribution >= 4 is 34.7 Å². The van der Waals surface area contributed by atoms with Crippen molar-refractivity contribution in [1.82, 2.24) is 14.7 Å². The van der Waals surface area contributed by atoms with Crippen LogP contribution in [0.5, 0.6) is 11.5 Å². The summed E-state index contributed by atoms with van der Waals surface area (Å²) < 4.78 is 27.4. The number of ether oxygens (including phenoxy) is 2. The minimum absolute atomic E-state index is 0.259. The Balaban J connectivity index is 1.92. The predicted molar refractivity (Wildman–Crippen MR) is 139 cm³/mol. The first-order valence-corrected chi connectivity index (χ1v) is 11.7. The van der Waals surface area contributed by atoms with E-state index in [4.69, 9.17) is 31.8 Å². The highest BCUT2D eigenvalue weighted by Crippen LogP contribution is 2.44. The molecule has 0 saturated carbocycles. The Bertz CT molecular complexity index is 1400. The number of imidazole rings is 1. The minimum atomic E-state index is -0.649. The maximum absolute atomic E-state index is 14.3. The normalized spacial score (nSPS) is 11.0. The minimum Gasteiger partial charge on any atom is -0.492 e. The molecule has 10 heteroatoms. The number of carbonyl (C=O) groups excluding carboxylic acids is 1. The average Bonchev–Trinajstić information content (AvgIpc) is 3.17. The summed E-state index contributed by atoms with van der Waals surface area (Å²) in [5, 5.41) is 6.71. The number of primary amides is 1. The summed E-state index contributed by atoms with van der Waals surface area (Å²) in [5.41, 5.74) is 9.50. The van der Waals surface area contributed by atoms with E-state index in [0.29, 0.717) is 41.6 Å².